The number of unbranched alkanes of at least 4 members (excludes halogenated alkanes) is 3. The second-order valence-electron chi connectivity index (χ2n) is 2.38. The molecular weight excluding hydrogens is 186 g/mol. The van der Waals surface area contributed by atoms with Gasteiger partial charge in [-0.25, -0.2) is 4.57 Å². The summed E-state index contributed by atoms with van der Waals surface area (Å²) in [7, 11) is -4.21. The maximum absolute atomic E-state index is 10.1. The molecular formula is C6H16FO4P. The molecule has 0 unspecified atom stereocenters. The number of phosphoric acid groups is 1. The van der Waals surface area contributed by atoms with Crippen molar-refractivity contribution in [1.29, 1.82) is 0 Å². The van der Waals surface area contributed by atoms with Gasteiger partial charge in [0.15, 0.2) is 0 Å². The Bertz CT molecular complexity index is 136. The minimum Gasteiger partial charge on any atom is -0.303 e. The molecule has 0 saturated carbocycles. The maximum Gasteiger partial charge on any atom is 0.469 e. The lowest BCUT2D eigenvalue weighted by Gasteiger charge is -2.03. The molecule has 0 bridgehead atoms. The number of rotatable bonds is 6. The summed E-state index contributed by atoms with van der Waals surface area (Å²) >= 11 is 0. The van der Waals surface area contributed by atoms with E-state index in [-0.39, 0.29) is 11.3 Å². The molecule has 0 atom stereocenters. The fraction of sp³-hybridized carbons (Fsp3) is 1.00. The molecule has 76 valence electrons. The van der Waals surface area contributed by atoms with Crippen molar-refractivity contribution in [3.05, 3.63) is 0 Å². The molecule has 0 radical (unpaired) electrons. The predicted molar refractivity (Wildman–Crippen MR) is 44.6 cm³/mol. The summed E-state index contributed by atoms with van der Waals surface area (Å²) in [5, 5.41) is 0. The number of hydrogen-bond acceptors (Lipinski definition) is 2. The molecule has 0 aliphatic carbocycles. The normalized spacial score (nSPS) is 10.9. The molecule has 2 N–H and O–H groups in total. The van der Waals surface area contributed by atoms with Crippen molar-refractivity contribution in [2.24, 2.45) is 0 Å². The van der Waals surface area contributed by atoms with Gasteiger partial charge in [0.05, 0.1) is 6.61 Å². The van der Waals surface area contributed by atoms with E-state index in [9.17, 15) is 4.57 Å². The van der Waals surface area contributed by atoms with Gasteiger partial charge in [0.2, 0.25) is 0 Å². The van der Waals surface area contributed by atoms with Crippen LogP contribution in [0.3, 0.4) is 0 Å². The fourth-order valence-electron chi connectivity index (χ4n) is 0.712. The highest BCUT2D eigenvalue weighted by atomic mass is 31.2. The molecule has 4 nitrogen and oxygen atoms in total. The fourth-order valence-corrected chi connectivity index (χ4v) is 1.08. The predicted octanol–water partition coefficient (Wildman–Crippen LogP) is 1.83. The Morgan fingerprint density at radius 2 is 1.83 bits per heavy atom. The summed E-state index contributed by atoms with van der Waals surface area (Å²) in [6.07, 6.45) is 3.88. The van der Waals surface area contributed by atoms with Crippen LogP contribution in [0, 0.1) is 0 Å². The monoisotopic (exact) mass is 202 g/mol. The molecule has 0 aliphatic rings. The van der Waals surface area contributed by atoms with E-state index < -0.39 is 7.82 Å². The minimum atomic E-state index is -4.21. The quantitative estimate of drug-likeness (QED) is 0.509. The summed E-state index contributed by atoms with van der Waals surface area (Å²) in [6.45, 7) is 2.23. The lowest BCUT2D eigenvalue weighted by molar-refractivity contribution is 0.193. The topological polar surface area (TPSA) is 66.8 Å². The summed E-state index contributed by atoms with van der Waals surface area (Å²) in [6, 6.07) is 0. The van der Waals surface area contributed by atoms with Crippen molar-refractivity contribution in [3.63, 3.8) is 0 Å². The number of phosphoric ester groups is 1. The molecule has 6 heteroatoms. The smallest absolute Gasteiger partial charge is 0.303 e. The number of halogens is 1. The van der Waals surface area contributed by atoms with Crippen LogP contribution in [0.1, 0.15) is 32.6 Å². The number of hydrogen-bond donors (Lipinski definition) is 2. The van der Waals surface area contributed by atoms with Gasteiger partial charge in [-0.15, -0.1) is 0 Å². The highest BCUT2D eigenvalue weighted by Crippen LogP contribution is 2.35. The Labute approximate surface area is 71.5 Å². The van der Waals surface area contributed by atoms with Crippen LogP contribution in [-0.4, -0.2) is 16.4 Å². The van der Waals surface area contributed by atoms with Crippen LogP contribution in [-0.2, 0) is 9.09 Å². The summed E-state index contributed by atoms with van der Waals surface area (Å²) in [4.78, 5) is 16.5. The first kappa shape index (κ1) is 14.6. The largest absolute Gasteiger partial charge is 0.469 e. The third-order valence-corrected chi connectivity index (χ3v) is 1.78. The highest BCUT2D eigenvalue weighted by Gasteiger charge is 2.11. The maximum atomic E-state index is 10.1. The van der Waals surface area contributed by atoms with Crippen molar-refractivity contribution in [2.45, 2.75) is 32.6 Å². The van der Waals surface area contributed by atoms with E-state index >= 15 is 0 Å². The first-order valence-electron chi connectivity index (χ1n) is 3.76. The van der Waals surface area contributed by atoms with Crippen LogP contribution in [0.4, 0.5) is 4.70 Å². The molecule has 0 fully saturated rings. The third-order valence-electron chi connectivity index (χ3n) is 1.26. The van der Waals surface area contributed by atoms with Crippen molar-refractivity contribution >= 4 is 7.82 Å². The second-order valence-corrected chi connectivity index (χ2v) is 3.62. The van der Waals surface area contributed by atoms with Gasteiger partial charge in [0, 0.05) is 0 Å². The van der Waals surface area contributed by atoms with E-state index in [4.69, 9.17) is 9.79 Å². The Balaban J connectivity index is 0. The standard InChI is InChI=1S/C6H15O4P.FH/c1-2-3-4-5-6-10-11(7,8)9;/h2-6H2,1H3,(H2,7,8,9);1H. The highest BCUT2D eigenvalue weighted by molar-refractivity contribution is 7.46. The van der Waals surface area contributed by atoms with Crippen LogP contribution in [0.5, 0.6) is 0 Å². The zero-order chi connectivity index (χ0) is 8.74. The summed E-state index contributed by atoms with van der Waals surface area (Å²) in [5.74, 6) is 0. The molecule has 0 aromatic heterocycles. The van der Waals surface area contributed by atoms with Gasteiger partial charge in [-0.2, -0.15) is 0 Å². The summed E-state index contributed by atoms with van der Waals surface area (Å²) in [5.41, 5.74) is 0. The molecule has 0 rings (SSSR count). The molecule has 0 saturated heterocycles. The van der Waals surface area contributed by atoms with Gasteiger partial charge in [-0.05, 0) is 6.42 Å². The third kappa shape index (κ3) is 12.7. The van der Waals surface area contributed by atoms with E-state index in [0.717, 1.165) is 25.7 Å². The van der Waals surface area contributed by atoms with Crippen molar-refractivity contribution in [1.82, 2.24) is 0 Å². The SMILES string of the molecule is CCCCCCOP(=O)(O)O.F. The molecule has 0 spiro atoms. The van der Waals surface area contributed by atoms with Gasteiger partial charge in [-0.1, -0.05) is 26.2 Å². The van der Waals surface area contributed by atoms with E-state index in [2.05, 4.69) is 11.4 Å². The van der Waals surface area contributed by atoms with Crippen molar-refractivity contribution in [2.75, 3.05) is 6.61 Å². The van der Waals surface area contributed by atoms with Crippen LogP contribution >= 0.6 is 7.82 Å². The zero-order valence-corrected chi connectivity index (χ0v) is 8.00. The van der Waals surface area contributed by atoms with Gasteiger partial charge < -0.3 is 9.79 Å². The van der Waals surface area contributed by atoms with Gasteiger partial charge >= 0.3 is 7.82 Å². The first-order valence-corrected chi connectivity index (χ1v) is 5.29. The van der Waals surface area contributed by atoms with E-state index in [0.29, 0.717) is 0 Å². The van der Waals surface area contributed by atoms with Gasteiger partial charge in [0.1, 0.15) is 0 Å². The molecule has 0 aromatic rings. The Morgan fingerprint density at radius 1 is 1.25 bits per heavy atom. The zero-order valence-electron chi connectivity index (χ0n) is 7.10. The van der Waals surface area contributed by atoms with Crippen LogP contribution in [0.25, 0.3) is 0 Å². The summed E-state index contributed by atoms with van der Waals surface area (Å²) < 4.78 is 14.4. The van der Waals surface area contributed by atoms with Crippen LogP contribution in [0.2, 0.25) is 0 Å². The lowest BCUT2D eigenvalue weighted by atomic mass is 10.2. The van der Waals surface area contributed by atoms with E-state index in [1.54, 1.807) is 0 Å². The Morgan fingerprint density at radius 3 is 2.25 bits per heavy atom. The molecule has 0 amide bonds. The van der Waals surface area contributed by atoms with E-state index in [1.165, 1.54) is 0 Å². The molecule has 0 heterocycles. The van der Waals surface area contributed by atoms with Gasteiger partial charge in [0.25, 0.3) is 0 Å². The lowest BCUT2D eigenvalue weighted by Crippen LogP contribution is -1.91. The first-order chi connectivity index (χ1) is 5.06. The second kappa shape index (κ2) is 7.68. The molecule has 12 heavy (non-hydrogen) atoms. The van der Waals surface area contributed by atoms with Crippen LogP contribution in [0.15, 0.2) is 0 Å². The Hall–Kier alpha value is 0.0400. The van der Waals surface area contributed by atoms with Crippen LogP contribution < -0.4 is 0 Å². The van der Waals surface area contributed by atoms with Crippen molar-refractivity contribution in [3.8, 4) is 0 Å². The molecule has 0 aromatic carbocycles. The average molecular weight is 202 g/mol. The van der Waals surface area contributed by atoms with Crippen molar-refractivity contribution < 1.29 is 23.6 Å². The minimum absolute atomic E-state index is 0. The van der Waals surface area contributed by atoms with Gasteiger partial charge in [-0.3, -0.25) is 9.23 Å². The van der Waals surface area contributed by atoms with E-state index in [1.807, 2.05) is 0 Å². The molecule has 0 aliphatic heterocycles. The average Bonchev–Trinajstić information content (AvgIpc) is 1.85. The Kier molecular flexibility index (Phi) is 9.31.